The van der Waals surface area contributed by atoms with Crippen LogP contribution < -0.4 is 5.32 Å². The van der Waals surface area contributed by atoms with Gasteiger partial charge in [-0.2, -0.15) is 0 Å². The van der Waals surface area contributed by atoms with Gasteiger partial charge in [0.05, 0.1) is 6.54 Å². The van der Waals surface area contributed by atoms with Gasteiger partial charge in [0, 0.05) is 16.8 Å². The summed E-state index contributed by atoms with van der Waals surface area (Å²) in [6.07, 6.45) is 0. The van der Waals surface area contributed by atoms with Crippen molar-refractivity contribution in [2.24, 2.45) is 0 Å². The van der Waals surface area contributed by atoms with E-state index in [0.29, 0.717) is 6.54 Å². The molecule has 2 aromatic rings. The molecular weight excluding hydrogens is 211 g/mol. The van der Waals surface area contributed by atoms with Gasteiger partial charge in [-0.05, 0) is 25.1 Å². The van der Waals surface area contributed by atoms with E-state index in [2.05, 4.69) is 10.3 Å². The molecule has 1 N–H and O–H groups in total. The first-order chi connectivity index (χ1) is 7.24. The van der Waals surface area contributed by atoms with E-state index in [1.54, 1.807) is 17.4 Å². The van der Waals surface area contributed by atoms with Gasteiger partial charge in [-0.3, -0.25) is 0 Å². The first-order valence-electron chi connectivity index (χ1n) is 4.64. The van der Waals surface area contributed by atoms with Crippen LogP contribution in [0.5, 0.6) is 0 Å². The van der Waals surface area contributed by atoms with E-state index in [0.717, 1.165) is 16.4 Å². The number of aryl methyl sites for hydroxylation is 1. The molecule has 15 heavy (non-hydrogen) atoms. The minimum Gasteiger partial charge on any atom is -0.378 e. The van der Waals surface area contributed by atoms with Crippen LogP contribution in [0.2, 0.25) is 0 Å². The van der Waals surface area contributed by atoms with Gasteiger partial charge >= 0.3 is 0 Å². The Morgan fingerprint density at radius 3 is 3.00 bits per heavy atom. The lowest BCUT2D eigenvalue weighted by Gasteiger charge is -2.03. The van der Waals surface area contributed by atoms with Crippen molar-refractivity contribution in [3.63, 3.8) is 0 Å². The molecule has 2 nitrogen and oxygen atoms in total. The van der Waals surface area contributed by atoms with E-state index in [4.69, 9.17) is 0 Å². The largest absolute Gasteiger partial charge is 0.378 e. The summed E-state index contributed by atoms with van der Waals surface area (Å²) < 4.78 is 12.8. The molecule has 1 heterocycles. The van der Waals surface area contributed by atoms with Crippen LogP contribution in [0, 0.1) is 12.7 Å². The number of thiazole rings is 1. The Morgan fingerprint density at radius 1 is 1.47 bits per heavy atom. The van der Waals surface area contributed by atoms with E-state index in [1.165, 1.54) is 12.1 Å². The third-order valence-corrected chi connectivity index (χ3v) is 2.90. The second kappa shape index (κ2) is 4.40. The van der Waals surface area contributed by atoms with Crippen LogP contribution in [0.4, 0.5) is 10.1 Å². The topological polar surface area (TPSA) is 24.9 Å². The third kappa shape index (κ3) is 2.76. The molecule has 0 spiro atoms. The number of rotatable bonds is 3. The fourth-order valence-electron chi connectivity index (χ4n) is 1.26. The molecule has 1 aromatic heterocycles. The molecule has 1 aromatic carbocycles. The lowest BCUT2D eigenvalue weighted by Crippen LogP contribution is -1.98. The van der Waals surface area contributed by atoms with E-state index in [1.807, 2.05) is 18.4 Å². The number of nitrogens with one attached hydrogen (secondary N) is 1. The van der Waals surface area contributed by atoms with E-state index < -0.39 is 0 Å². The highest BCUT2D eigenvalue weighted by atomic mass is 32.1. The average Bonchev–Trinajstić information content (AvgIpc) is 2.62. The van der Waals surface area contributed by atoms with Crippen molar-refractivity contribution in [1.29, 1.82) is 0 Å². The Bertz CT molecular complexity index is 453. The Hall–Kier alpha value is -1.42. The Morgan fingerprint density at radius 2 is 2.33 bits per heavy atom. The zero-order chi connectivity index (χ0) is 10.7. The van der Waals surface area contributed by atoms with Gasteiger partial charge in [-0.1, -0.05) is 6.07 Å². The predicted octanol–water partition coefficient (Wildman–Crippen LogP) is 3.20. The number of anilines is 1. The monoisotopic (exact) mass is 222 g/mol. The first-order valence-corrected chi connectivity index (χ1v) is 5.52. The molecule has 0 saturated heterocycles. The molecule has 0 radical (unpaired) electrons. The minimum absolute atomic E-state index is 0.227. The summed E-state index contributed by atoms with van der Waals surface area (Å²) in [6, 6.07) is 6.42. The molecule has 0 saturated carbocycles. The summed E-state index contributed by atoms with van der Waals surface area (Å²) in [5, 5.41) is 6.14. The number of hydrogen-bond acceptors (Lipinski definition) is 3. The van der Waals surface area contributed by atoms with Crippen LogP contribution in [-0.2, 0) is 6.54 Å². The van der Waals surface area contributed by atoms with Crippen LogP contribution in [0.3, 0.4) is 0 Å². The summed E-state index contributed by atoms with van der Waals surface area (Å²) in [7, 11) is 0. The van der Waals surface area contributed by atoms with E-state index in [-0.39, 0.29) is 5.82 Å². The zero-order valence-corrected chi connectivity index (χ0v) is 9.14. The Kier molecular flexibility index (Phi) is 2.97. The number of nitrogens with zero attached hydrogens (tertiary/aromatic N) is 1. The highest BCUT2D eigenvalue weighted by Crippen LogP contribution is 2.13. The van der Waals surface area contributed by atoms with E-state index >= 15 is 0 Å². The summed E-state index contributed by atoms with van der Waals surface area (Å²) in [5.41, 5.74) is 1.80. The summed E-state index contributed by atoms with van der Waals surface area (Å²) >= 11 is 1.61. The lowest BCUT2D eigenvalue weighted by molar-refractivity contribution is 0.628. The second-order valence-electron chi connectivity index (χ2n) is 3.25. The maximum absolute atomic E-state index is 12.8. The quantitative estimate of drug-likeness (QED) is 0.862. The van der Waals surface area contributed by atoms with Gasteiger partial charge in [-0.25, -0.2) is 9.37 Å². The van der Waals surface area contributed by atoms with Gasteiger partial charge in [0.15, 0.2) is 0 Å². The fraction of sp³-hybridized carbons (Fsp3) is 0.182. The Balaban J connectivity index is 1.99. The molecule has 0 atom stereocenters. The molecule has 0 fully saturated rings. The maximum Gasteiger partial charge on any atom is 0.125 e. The van der Waals surface area contributed by atoms with Crippen molar-refractivity contribution in [3.8, 4) is 0 Å². The van der Waals surface area contributed by atoms with Gasteiger partial charge in [0.2, 0.25) is 0 Å². The number of benzene rings is 1. The van der Waals surface area contributed by atoms with Crippen molar-refractivity contribution in [1.82, 2.24) is 4.98 Å². The molecule has 2 rings (SSSR count). The van der Waals surface area contributed by atoms with Crippen LogP contribution in [-0.4, -0.2) is 4.98 Å². The Labute approximate surface area is 91.8 Å². The lowest BCUT2D eigenvalue weighted by atomic mass is 10.3. The van der Waals surface area contributed by atoms with Gasteiger partial charge < -0.3 is 5.32 Å². The van der Waals surface area contributed by atoms with Crippen molar-refractivity contribution >= 4 is 17.0 Å². The molecule has 0 aliphatic heterocycles. The normalized spacial score (nSPS) is 10.3. The molecule has 0 bridgehead atoms. The molecule has 0 aliphatic rings. The highest BCUT2D eigenvalue weighted by Gasteiger charge is 1.99. The van der Waals surface area contributed by atoms with Crippen LogP contribution >= 0.6 is 11.3 Å². The van der Waals surface area contributed by atoms with Gasteiger partial charge in [0.1, 0.15) is 10.8 Å². The summed E-state index contributed by atoms with van der Waals surface area (Å²) in [4.78, 5) is 4.31. The standard InChI is InChI=1S/C11H11FN2S/c1-8-7-15-11(14-8)6-13-10-4-2-3-9(12)5-10/h2-5,7,13H,6H2,1H3. The number of hydrogen-bond donors (Lipinski definition) is 1. The summed E-state index contributed by atoms with van der Waals surface area (Å²) in [6.45, 7) is 2.60. The minimum atomic E-state index is -0.227. The SMILES string of the molecule is Cc1csc(CNc2cccc(F)c2)n1. The van der Waals surface area contributed by atoms with Crippen molar-refractivity contribution in [3.05, 3.63) is 46.2 Å². The number of aromatic nitrogens is 1. The second-order valence-corrected chi connectivity index (χ2v) is 4.19. The molecule has 4 heteroatoms. The molecule has 0 unspecified atom stereocenters. The predicted molar refractivity (Wildman–Crippen MR) is 60.6 cm³/mol. The van der Waals surface area contributed by atoms with Gasteiger partial charge in [0.25, 0.3) is 0 Å². The highest BCUT2D eigenvalue weighted by molar-refractivity contribution is 7.09. The van der Waals surface area contributed by atoms with E-state index in [9.17, 15) is 4.39 Å². The molecule has 78 valence electrons. The maximum atomic E-state index is 12.8. The molecular formula is C11H11FN2S. The molecule has 0 aliphatic carbocycles. The van der Waals surface area contributed by atoms with Gasteiger partial charge in [-0.15, -0.1) is 11.3 Å². The third-order valence-electron chi connectivity index (χ3n) is 1.93. The van der Waals surface area contributed by atoms with Crippen LogP contribution in [0.25, 0.3) is 0 Å². The smallest absolute Gasteiger partial charge is 0.125 e. The fourth-order valence-corrected chi connectivity index (χ4v) is 1.97. The summed E-state index contributed by atoms with van der Waals surface area (Å²) in [5.74, 6) is -0.227. The van der Waals surface area contributed by atoms with Crippen LogP contribution in [0.15, 0.2) is 29.6 Å². The molecule has 0 amide bonds. The van der Waals surface area contributed by atoms with Crippen LogP contribution in [0.1, 0.15) is 10.7 Å². The zero-order valence-electron chi connectivity index (χ0n) is 8.33. The number of halogens is 1. The average molecular weight is 222 g/mol. The first kappa shape index (κ1) is 10.1. The van der Waals surface area contributed by atoms with Crippen molar-refractivity contribution < 1.29 is 4.39 Å². The van der Waals surface area contributed by atoms with Crippen molar-refractivity contribution in [2.45, 2.75) is 13.5 Å². The van der Waals surface area contributed by atoms with Crippen molar-refractivity contribution in [2.75, 3.05) is 5.32 Å².